The number of aryl methyl sites for hydroxylation is 1. The Labute approximate surface area is 133 Å². The van der Waals surface area contributed by atoms with E-state index in [1.54, 1.807) is 0 Å². The fraction of sp³-hybridized carbons (Fsp3) is 0.188. The number of hydrogen-bond acceptors (Lipinski definition) is 2. The standard InChI is InChI=1S/C16H17BrN2S/c17-15-11-13(8-9-14(15)16(18)20)19-10-4-7-12-5-2-1-3-6-12/h1-3,5-6,8-9,11,19H,4,7,10H2,(H2,18,20). The molecule has 2 aromatic rings. The van der Waals surface area contributed by atoms with Crippen LogP contribution >= 0.6 is 28.1 Å². The Hall–Kier alpha value is -1.39. The van der Waals surface area contributed by atoms with Crippen molar-refractivity contribution in [2.24, 2.45) is 5.73 Å². The van der Waals surface area contributed by atoms with Crippen molar-refractivity contribution in [1.82, 2.24) is 0 Å². The molecule has 2 aromatic carbocycles. The van der Waals surface area contributed by atoms with E-state index in [2.05, 4.69) is 45.5 Å². The maximum atomic E-state index is 5.63. The van der Waals surface area contributed by atoms with E-state index in [1.165, 1.54) is 5.56 Å². The van der Waals surface area contributed by atoms with Gasteiger partial charge in [0.2, 0.25) is 0 Å². The van der Waals surface area contributed by atoms with Gasteiger partial charge in [-0.1, -0.05) is 42.5 Å². The summed E-state index contributed by atoms with van der Waals surface area (Å²) in [5.74, 6) is 0. The highest BCUT2D eigenvalue weighted by Crippen LogP contribution is 2.21. The smallest absolute Gasteiger partial charge is 0.105 e. The van der Waals surface area contributed by atoms with Gasteiger partial charge >= 0.3 is 0 Å². The minimum absolute atomic E-state index is 0.410. The molecule has 0 saturated heterocycles. The summed E-state index contributed by atoms with van der Waals surface area (Å²) in [4.78, 5) is 0.410. The molecule has 0 amide bonds. The van der Waals surface area contributed by atoms with Crippen LogP contribution in [0.2, 0.25) is 0 Å². The Kier molecular flexibility index (Phi) is 5.56. The van der Waals surface area contributed by atoms with E-state index >= 15 is 0 Å². The van der Waals surface area contributed by atoms with Gasteiger partial charge < -0.3 is 11.1 Å². The Morgan fingerprint density at radius 1 is 1.15 bits per heavy atom. The van der Waals surface area contributed by atoms with Crippen molar-refractivity contribution < 1.29 is 0 Å². The number of anilines is 1. The van der Waals surface area contributed by atoms with Gasteiger partial charge in [0.05, 0.1) is 0 Å². The number of nitrogens with one attached hydrogen (secondary N) is 1. The highest BCUT2D eigenvalue weighted by molar-refractivity contribution is 9.10. The minimum Gasteiger partial charge on any atom is -0.389 e. The summed E-state index contributed by atoms with van der Waals surface area (Å²) >= 11 is 8.47. The molecule has 20 heavy (non-hydrogen) atoms. The van der Waals surface area contributed by atoms with Gasteiger partial charge in [0, 0.05) is 22.3 Å². The van der Waals surface area contributed by atoms with Crippen LogP contribution in [0.4, 0.5) is 5.69 Å². The Bertz CT molecular complexity index is 584. The molecule has 0 aromatic heterocycles. The summed E-state index contributed by atoms with van der Waals surface area (Å²) in [6, 6.07) is 16.5. The van der Waals surface area contributed by atoms with Crippen LogP contribution in [0.15, 0.2) is 53.0 Å². The molecule has 0 radical (unpaired) electrons. The lowest BCUT2D eigenvalue weighted by molar-refractivity contribution is 0.863. The molecular formula is C16H17BrN2S. The van der Waals surface area contributed by atoms with Crippen molar-refractivity contribution in [3.8, 4) is 0 Å². The summed E-state index contributed by atoms with van der Waals surface area (Å²) < 4.78 is 0.929. The Morgan fingerprint density at radius 3 is 2.55 bits per heavy atom. The quantitative estimate of drug-likeness (QED) is 0.608. The van der Waals surface area contributed by atoms with E-state index in [9.17, 15) is 0 Å². The van der Waals surface area contributed by atoms with Crippen molar-refractivity contribution in [3.63, 3.8) is 0 Å². The number of benzene rings is 2. The monoisotopic (exact) mass is 348 g/mol. The molecule has 0 bridgehead atoms. The van der Waals surface area contributed by atoms with Crippen molar-refractivity contribution in [2.45, 2.75) is 12.8 Å². The molecule has 4 heteroatoms. The van der Waals surface area contributed by atoms with Crippen LogP contribution in [0.1, 0.15) is 17.5 Å². The van der Waals surface area contributed by atoms with E-state index < -0.39 is 0 Å². The first-order valence-electron chi connectivity index (χ1n) is 6.54. The van der Waals surface area contributed by atoms with E-state index in [0.29, 0.717) is 4.99 Å². The zero-order chi connectivity index (χ0) is 14.4. The van der Waals surface area contributed by atoms with Crippen LogP contribution in [0.25, 0.3) is 0 Å². The highest BCUT2D eigenvalue weighted by atomic mass is 79.9. The fourth-order valence-corrected chi connectivity index (χ4v) is 2.90. The molecule has 3 N–H and O–H groups in total. The van der Waals surface area contributed by atoms with Gasteiger partial charge in [0.15, 0.2) is 0 Å². The lowest BCUT2D eigenvalue weighted by Crippen LogP contribution is -2.10. The number of halogens is 1. The molecule has 0 atom stereocenters. The van der Waals surface area contributed by atoms with Gasteiger partial charge in [-0.2, -0.15) is 0 Å². The van der Waals surface area contributed by atoms with E-state index in [1.807, 2.05) is 24.3 Å². The largest absolute Gasteiger partial charge is 0.389 e. The van der Waals surface area contributed by atoms with Gasteiger partial charge in [0.25, 0.3) is 0 Å². The first-order chi connectivity index (χ1) is 9.66. The zero-order valence-electron chi connectivity index (χ0n) is 11.1. The Balaban J connectivity index is 1.83. The van der Waals surface area contributed by atoms with Crippen LogP contribution in [0, 0.1) is 0 Å². The number of hydrogen-bond donors (Lipinski definition) is 2. The first-order valence-corrected chi connectivity index (χ1v) is 7.74. The van der Waals surface area contributed by atoms with Gasteiger partial charge in [-0.3, -0.25) is 0 Å². The molecular weight excluding hydrogens is 332 g/mol. The molecule has 2 nitrogen and oxygen atoms in total. The van der Waals surface area contributed by atoms with Gasteiger partial charge in [0.1, 0.15) is 4.99 Å². The lowest BCUT2D eigenvalue weighted by Gasteiger charge is -2.09. The first kappa shape index (κ1) is 15.0. The summed E-state index contributed by atoms with van der Waals surface area (Å²) in [5.41, 5.74) is 8.95. The third-order valence-electron chi connectivity index (χ3n) is 3.05. The fourth-order valence-electron chi connectivity index (χ4n) is 1.99. The van der Waals surface area contributed by atoms with Crippen LogP contribution in [0.3, 0.4) is 0 Å². The van der Waals surface area contributed by atoms with Crippen molar-refractivity contribution in [3.05, 3.63) is 64.1 Å². The maximum absolute atomic E-state index is 5.63. The summed E-state index contributed by atoms with van der Waals surface area (Å²) in [6.07, 6.45) is 2.18. The molecule has 0 saturated carbocycles. The SMILES string of the molecule is NC(=S)c1ccc(NCCCc2ccccc2)cc1Br. The van der Waals surface area contributed by atoms with Crippen LogP contribution in [0.5, 0.6) is 0 Å². The topological polar surface area (TPSA) is 38.0 Å². The third kappa shape index (κ3) is 4.32. The van der Waals surface area contributed by atoms with E-state index in [-0.39, 0.29) is 0 Å². The number of rotatable bonds is 6. The molecule has 0 aliphatic heterocycles. The molecule has 0 spiro atoms. The predicted octanol–water partition coefficient (Wildman–Crippen LogP) is 4.13. The van der Waals surface area contributed by atoms with Crippen molar-refractivity contribution >= 4 is 38.8 Å². The van der Waals surface area contributed by atoms with Crippen molar-refractivity contribution in [1.29, 1.82) is 0 Å². The molecule has 0 aliphatic carbocycles. The highest BCUT2D eigenvalue weighted by Gasteiger charge is 2.03. The molecule has 0 unspecified atom stereocenters. The van der Waals surface area contributed by atoms with E-state index in [4.69, 9.17) is 18.0 Å². The average Bonchev–Trinajstić information content (AvgIpc) is 2.44. The molecule has 0 aliphatic rings. The number of thiocarbonyl (C=S) groups is 1. The average molecular weight is 349 g/mol. The van der Waals surface area contributed by atoms with E-state index in [0.717, 1.165) is 35.1 Å². The van der Waals surface area contributed by atoms with Crippen LogP contribution in [-0.4, -0.2) is 11.5 Å². The summed E-state index contributed by atoms with van der Waals surface area (Å²) in [6.45, 7) is 0.938. The predicted molar refractivity (Wildman–Crippen MR) is 93.3 cm³/mol. The zero-order valence-corrected chi connectivity index (χ0v) is 13.5. The summed E-state index contributed by atoms with van der Waals surface area (Å²) in [5, 5.41) is 3.41. The van der Waals surface area contributed by atoms with Gasteiger partial charge in [-0.05, 0) is 52.5 Å². The van der Waals surface area contributed by atoms with Crippen LogP contribution in [-0.2, 0) is 6.42 Å². The van der Waals surface area contributed by atoms with Crippen molar-refractivity contribution in [2.75, 3.05) is 11.9 Å². The normalized spacial score (nSPS) is 10.2. The molecule has 0 heterocycles. The Morgan fingerprint density at radius 2 is 1.90 bits per heavy atom. The second-order valence-electron chi connectivity index (χ2n) is 4.57. The molecule has 0 fully saturated rings. The maximum Gasteiger partial charge on any atom is 0.105 e. The van der Waals surface area contributed by atoms with Gasteiger partial charge in [-0.15, -0.1) is 0 Å². The molecule has 104 valence electrons. The number of nitrogens with two attached hydrogens (primary N) is 1. The molecule has 2 rings (SSSR count). The third-order valence-corrected chi connectivity index (χ3v) is 3.92. The van der Waals surface area contributed by atoms with Gasteiger partial charge in [-0.25, -0.2) is 0 Å². The summed E-state index contributed by atoms with van der Waals surface area (Å²) in [7, 11) is 0. The second kappa shape index (κ2) is 7.41. The van der Waals surface area contributed by atoms with Crippen LogP contribution < -0.4 is 11.1 Å². The second-order valence-corrected chi connectivity index (χ2v) is 5.87. The lowest BCUT2D eigenvalue weighted by atomic mass is 10.1. The minimum atomic E-state index is 0.410.